The highest BCUT2D eigenvalue weighted by Gasteiger charge is 2.15. The van der Waals surface area contributed by atoms with Crippen molar-refractivity contribution in [3.05, 3.63) is 53.7 Å². The number of aryl methyl sites for hydroxylation is 1. The van der Waals surface area contributed by atoms with Crippen LogP contribution >= 0.6 is 0 Å². The number of rotatable bonds is 7. The molecule has 2 heterocycles. The summed E-state index contributed by atoms with van der Waals surface area (Å²) in [5.74, 6) is 1.79. The van der Waals surface area contributed by atoms with E-state index in [0.717, 1.165) is 48.9 Å². The van der Waals surface area contributed by atoms with Crippen molar-refractivity contribution in [3.63, 3.8) is 0 Å². The van der Waals surface area contributed by atoms with Gasteiger partial charge in [0, 0.05) is 38.9 Å². The van der Waals surface area contributed by atoms with Gasteiger partial charge in [0.1, 0.15) is 18.2 Å². The van der Waals surface area contributed by atoms with E-state index in [2.05, 4.69) is 32.5 Å². The first-order valence-electron chi connectivity index (χ1n) is 9.70. The quantitative estimate of drug-likeness (QED) is 0.716. The molecule has 0 saturated carbocycles. The Labute approximate surface area is 166 Å². The van der Waals surface area contributed by atoms with E-state index in [-0.39, 0.29) is 6.03 Å². The van der Waals surface area contributed by atoms with E-state index in [1.807, 2.05) is 43.3 Å². The van der Waals surface area contributed by atoms with Crippen molar-refractivity contribution in [2.45, 2.75) is 13.5 Å². The Morgan fingerprint density at radius 1 is 1.14 bits per heavy atom. The third-order valence-electron chi connectivity index (χ3n) is 4.74. The minimum atomic E-state index is -0.203. The number of urea groups is 1. The van der Waals surface area contributed by atoms with Crippen LogP contribution in [0, 0.1) is 6.92 Å². The molecule has 1 saturated heterocycles. The highest BCUT2D eigenvalue weighted by atomic mass is 16.5. The van der Waals surface area contributed by atoms with Gasteiger partial charge in [-0.2, -0.15) is 0 Å². The molecule has 1 aromatic carbocycles. The van der Waals surface area contributed by atoms with Crippen molar-refractivity contribution in [2.75, 3.05) is 51.3 Å². The van der Waals surface area contributed by atoms with E-state index in [9.17, 15) is 4.79 Å². The first-order chi connectivity index (χ1) is 13.6. The van der Waals surface area contributed by atoms with Crippen molar-refractivity contribution < 1.29 is 9.53 Å². The molecule has 2 N–H and O–H groups in total. The van der Waals surface area contributed by atoms with Crippen LogP contribution in [0.2, 0.25) is 0 Å². The lowest BCUT2D eigenvalue weighted by atomic mass is 10.2. The van der Waals surface area contributed by atoms with E-state index in [1.165, 1.54) is 0 Å². The number of nitrogens with zero attached hydrogens (tertiary/aromatic N) is 3. The molecule has 1 aliphatic heterocycles. The molecule has 1 aromatic heterocycles. The van der Waals surface area contributed by atoms with Crippen LogP contribution in [-0.2, 0) is 6.54 Å². The maximum absolute atomic E-state index is 12.0. The van der Waals surface area contributed by atoms with E-state index in [4.69, 9.17) is 4.74 Å². The first-order valence-corrected chi connectivity index (χ1v) is 9.70. The van der Waals surface area contributed by atoms with Crippen molar-refractivity contribution >= 4 is 11.8 Å². The third-order valence-corrected chi connectivity index (χ3v) is 4.74. The van der Waals surface area contributed by atoms with Gasteiger partial charge in [-0.3, -0.25) is 0 Å². The molecule has 1 aliphatic rings. The Kier molecular flexibility index (Phi) is 7.08. The Balaban J connectivity index is 1.38. The molecule has 7 nitrogen and oxygen atoms in total. The number of likely N-dealkylation sites (N-methyl/N-ethyl adjacent to an activating group) is 1. The smallest absolute Gasteiger partial charge is 0.315 e. The monoisotopic (exact) mass is 383 g/mol. The molecular weight excluding hydrogens is 354 g/mol. The van der Waals surface area contributed by atoms with Crippen molar-refractivity contribution in [1.29, 1.82) is 0 Å². The molecule has 0 atom stereocenters. The Bertz CT molecular complexity index is 775. The number of pyridine rings is 1. The van der Waals surface area contributed by atoms with Gasteiger partial charge in [0.25, 0.3) is 0 Å². The number of anilines is 1. The predicted molar refractivity (Wildman–Crippen MR) is 111 cm³/mol. The molecule has 0 unspecified atom stereocenters. The molecule has 0 radical (unpaired) electrons. The number of hydrogen-bond acceptors (Lipinski definition) is 5. The van der Waals surface area contributed by atoms with Crippen molar-refractivity contribution in [2.24, 2.45) is 0 Å². The second kappa shape index (κ2) is 9.94. The van der Waals surface area contributed by atoms with Crippen LogP contribution in [0.25, 0.3) is 0 Å². The normalized spacial score (nSPS) is 14.6. The summed E-state index contributed by atoms with van der Waals surface area (Å²) in [5.41, 5.74) is 2.19. The molecule has 2 aromatic rings. The van der Waals surface area contributed by atoms with Gasteiger partial charge in [0.15, 0.2) is 0 Å². The summed E-state index contributed by atoms with van der Waals surface area (Å²) in [6, 6.07) is 11.6. The Morgan fingerprint density at radius 3 is 2.75 bits per heavy atom. The molecule has 0 bridgehead atoms. The zero-order chi connectivity index (χ0) is 19.8. The van der Waals surface area contributed by atoms with E-state index in [0.29, 0.717) is 19.7 Å². The summed E-state index contributed by atoms with van der Waals surface area (Å²) in [6.07, 6.45) is 1.80. The lowest BCUT2D eigenvalue weighted by Gasteiger charge is -2.33. The van der Waals surface area contributed by atoms with Crippen LogP contribution in [0.5, 0.6) is 5.75 Å². The van der Waals surface area contributed by atoms with Crippen LogP contribution in [0.3, 0.4) is 0 Å². The predicted octanol–water partition coefficient (Wildman–Crippen LogP) is 2.02. The van der Waals surface area contributed by atoms with Crippen molar-refractivity contribution in [3.8, 4) is 5.75 Å². The molecular formula is C21H29N5O2. The maximum Gasteiger partial charge on any atom is 0.315 e. The van der Waals surface area contributed by atoms with Gasteiger partial charge >= 0.3 is 6.03 Å². The minimum absolute atomic E-state index is 0.203. The number of ether oxygens (including phenoxy) is 1. The molecule has 7 heteroatoms. The van der Waals surface area contributed by atoms with E-state index < -0.39 is 0 Å². The molecule has 1 fully saturated rings. The molecule has 150 valence electrons. The lowest BCUT2D eigenvalue weighted by Crippen LogP contribution is -2.44. The topological polar surface area (TPSA) is 69.7 Å². The standard InChI is InChI=1S/C21H29N5O2/c1-17-4-3-5-19(14-17)28-13-8-23-21(27)24-16-18-6-7-22-20(15-18)26-11-9-25(2)10-12-26/h3-7,14-15H,8-13,16H2,1-2H3,(H2,23,24,27). The largest absolute Gasteiger partial charge is 0.492 e. The first kappa shape index (κ1) is 19.9. The number of aromatic nitrogens is 1. The number of benzene rings is 1. The van der Waals surface area contributed by atoms with Crippen LogP contribution < -0.4 is 20.3 Å². The van der Waals surface area contributed by atoms with E-state index in [1.54, 1.807) is 6.20 Å². The van der Waals surface area contributed by atoms with Crippen LogP contribution in [-0.4, -0.2) is 62.3 Å². The number of hydrogen-bond donors (Lipinski definition) is 2. The van der Waals surface area contributed by atoms with Gasteiger partial charge in [0.05, 0.1) is 6.54 Å². The zero-order valence-electron chi connectivity index (χ0n) is 16.6. The van der Waals surface area contributed by atoms with Crippen molar-refractivity contribution in [1.82, 2.24) is 20.5 Å². The fourth-order valence-corrected chi connectivity index (χ4v) is 3.06. The summed E-state index contributed by atoms with van der Waals surface area (Å²) in [7, 11) is 2.13. The number of carbonyl (C=O) groups excluding carboxylic acids is 1. The van der Waals surface area contributed by atoms with Gasteiger partial charge in [0.2, 0.25) is 0 Å². The van der Waals surface area contributed by atoms with Crippen LogP contribution in [0.1, 0.15) is 11.1 Å². The zero-order valence-corrected chi connectivity index (χ0v) is 16.6. The fourth-order valence-electron chi connectivity index (χ4n) is 3.06. The number of carbonyl (C=O) groups is 1. The van der Waals surface area contributed by atoms with Gasteiger partial charge in [-0.15, -0.1) is 0 Å². The highest BCUT2D eigenvalue weighted by Crippen LogP contribution is 2.15. The molecule has 0 aliphatic carbocycles. The van der Waals surface area contributed by atoms with Gasteiger partial charge in [-0.1, -0.05) is 12.1 Å². The number of piperazine rings is 1. The maximum atomic E-state index is 12.0. The average Bonchev–Trinajstić information content (AvgIpc) is 2.70. The Morgan fingerprint density at radius 2 is 1.96 bits per heavy atom. The van der Waals surface area contributed by atoms with Crippen LogP contribution in [0.4, 0.5) is 10.6 Å². The second-order valence-corrected chi connectivity index (χ2v) is 7.09. The summed E-state index contributed by atoms with van der Waals surface area (Å²) >= 11 is 0. The summed E-state index contributed by atoms with van der Waals surface area (Å²) in [4.78, 5) is 21.1. The summed E-state index contributed by atoms with van der Waals surface area (Å²) in [6.45, 7) is 7.39. The highest BCUT2D eigenvalue weighted by molar-refractivity contribution is 5.73. The molecule has 3 rings (SSSR count). The number of nitrogens with one attached hydrogen (secondary N) is 2. The Hall–Kier alpha value is -2.80. The van der Waals surface area contributed by atoms with Gasteiger partial charge in [-0.05, 0) is 49.4 Å². The van der Waals surface area contributed by atoms with E-state index >= 15 is 0 Å². The third kappa shape index (κ3) is 6.13. The number of amides is 2. The molecule has 28 heavy (non-hydrogen) atoms. The molecule has 2 amide bonds. The average molecular weight is 383 g/mol. The summed E-state index contributed by atoms with van der Waals surface area (Å²) in [5, 5.41) is 5.70. The van der Waals surface area contributed by atoms with Gasteiger partial charge < -0.3 is 25.2 Å². The SMILES string of the molecule is Cc1cccc(OCCNC(=O)NCc2ccnc(N3CCN(C)CC3)c2)c1. The fraction of sp³-hybridized carbons (Fsp3) is 0.429. The molecule has 0 spiro atoms. The van der Waals surface area contributed by atoms with Gasteiger partial charge in [-0.25, -0.2) is 9.78 Å². The second-order valence-electron chi connectivity index (χ2n) is 7.09. The lowest BCUT2D eigenvalue weighted by molar-refractivity contribution is 0.236. The minimum Gasteiger partial charge on any atom is -0.492 e. The summed E-state index contributed by atoms with van der Waals surface area (Å²) < 4.78 is 5.63. The van der Waals surface area contributed by atoms with Crippen LogP contribution in [0.15, 0.2) is 42.6 Å².